The number of nitrogens with one attached hydrogen (secondary N) is 2. The molecule has 2 unspecified atom stereocenters. The predicted octanol–water partition coefficient (Wildman–Crippen LogP) is 7.42. The van der Waals surface area contributed by atoms with Crippen LogP contribution in [0.15, 0.2) is 47.4 Å². The van der Waals surface area contributed by atoms with E-state index in [4.69, 9.17) is 23.2 Å². The number of benzene rings is 2. The Labute approximate surface area is 222 Å². The van der Waals surface area contributed by atoms with E-state index in [0.29, 0.717) is 32.8 Å². The van der Waals surface area contributed by atoms with Gasteiger partial charge in [-0.3, -0.25) is 9.59 Å². The first-order valence-electron chi connectivity index (χ1n) is 11.1. The molecule has 5 nitrogen and oxygen atoms in total. The van der Waals surface area contributed by atoms with Crippen molar-refractivity contribution in [2.45, 2.75) is 43.3 Å². The van der Waals surface area contributed by atoms with Crippen LogP contribution in [-0.2, 0) is 17.6 Å². The summed E-state index contributed by atoms with van der Waals surface area (Å²) in [4.78, 5) is 27.6. The van der Waals surface area contributed by atoms with Crippen molar-refractivity contribution in [1.29, 1.82) is 5.26 Å². The Balaban J connectivity index is 1.42. The van der Waals surface area contributed by atoms with Gasteiger partial charge in [-0.2, -0.15) is 5.26 Å². The molecule has 2 atom stereocenters. The molecule has 4 rings (SSSR count). The second-order valence-corrected chi connectivity index (χ2v) is 11.9. The van der Waals surface area contributed by atoms with Crippen molar-refractivity contribution in [1.82, 2.24) is 0 Å². The molecule has 180 valence electrons. The third-order valence-electron chi connectivity index (χ3n) is 5.81. The molecule has 2 aromatic carbocycles. The maximum Gasteiger partial charge on any atom is 0.257 e. The smallest absolute Gasteiger partial charge is 0.257 e. The average molecular weight is 545 g/mol. The highest BCUT2D eigenvalue weighted by atomic mass is 35.5. The number of carbonyl (C=O) groups excluding carboxylic acids is 2. The zero-order valence-corrected chi connectivity index (χ0v) is 22.3. The van der Waals surface area contributed by atoms with E-state index in [1.54, 1.807) is 18.2 Å². The molecule has 3 aromatic rings. The minimum absolute atomic E-state index is 0.166. The van der Waals surface area contributed by atoms with Crippen molar-refractivity contribution in [3.8, 4) is 6.07 Å². The van der Waals surface area contributed by atoms with Crippen LogP contribution in [0, 0.1) is 17.2 Å². The molecule has 0 bridgehead atoms. The van der Waals surface area contributed by atoms with Crippen molar-refractivity contribution in [3.63, 3.8) is 0 Å². The number of thioether (sulfide) groups is 1. The van der Waals surface area contributed by atoms with Gasteiger partial charge in [-0.1, -0.05) is 36.2 Å². The Morgan fingerprint density at radius 1 is 1.20 bits per heavy atom. The van der Waals surface area contributed by atoms with Gasteiger partial charge >= 0.3 is 0 Å². The van der Waals surface area contributed by atoms with Crippen molar-refractivity contribution in [3.05, 3.63) is 74.1 Å². The zero-order chi connectivity index (χ0) is 25.1. The Kier molecular flexibility index (Phi) is 8.08. The van der Waals surface area contributed by atoms with Gasteiger partial charge in [0.15, 0.2) is 0 Å². The highest BCUT2D eigenvalue weighted by molar-refractivity contribution is 8.00. The van der Waals surface area contributed by atoms with E-state index in [9.17, 15) is 14.9 Å². The first-order valence-corrected chi connectivity index (χ1v) is 13.6. The summed E-state index contributed by atoms with van der Waals surface area (Å²) in [6.07, 6.45) is 2.90. The van der Waals surface area contributed by atoms with Crippen LogP contribution in [0.4, 0.5) is 10.7 Å². The van der Waals surface area contributed by atoms with E-state index in [1.165, 1.54) is 34.0 Å². The van der Waals surface area contributed by atoms with E-state index in [-0.39, 0.29) is 16.8 Å². The fourth-order valence-electron chi connectivity index (χ4n) is 3.95. The van der Waals surface area contributed by atoms with Crippen molar-refractivity contribution in [2.75, 3.05) is 10.6 Å². The molecule has 2 amide bonds. The molecule has 1 aliphatic carbocycles. The lowest BCUT2D eigenvalue weighted by molar-refractivity contribution is -0.115. The standard InChI is InChI=1S/C26H23Cl2N3O2S2/c1-14-6-8-19-21(13-29)26(35-23(19)10-14)31-24(32)15(2)34-18-5-3-4-17(12-18)30-25(33)20-9-7-16(27)11-22(20)28/h3-5,7,9,11-12,14-15H,6,8,10H2,1-2H3,(H,30,33)(H,31,32). The molecule has 2 N–H and O–H groups in total. The first-order chi connectivity index (χ1) is 16.7. The van der Waals surface area contributed by atoms with Gasteiger partial charge in [0.25, 0.3) is 5.91 Å². The fraction of sp³-hybridized carbons (Fsp3) is 0.269. The number of nitriles is 1. The number of thiophene rings is 1. The van der Waals surface area contributed by atoms with E-state index < -0.39 is 5.25 Å². The van der Waals surface area contributed by atoms with Gasteiger partial charge < -0.3 is 10.6 Å². The average Bonchev–Trinajstić information content (AvgIpc) is 3.14. The number of nitrogens with zero attached hydrogens (tertiary/aromatic N) is 1. The molecular formula is C26H23Cl2N3O2S2. The van der Waals surface area contributed by atoms with Crippen LogP contribution in [0.2, 0.25) is 10.0 Å². The maximum absolute atomic E-state index is 12.9. The molecular weight excluding hydrogens is 521 g/mol. The lowest BCUT2D eigenvalue weighted by Gasteiger charge is -2.17. The lowest BCUT2D eigenvalue weighted by atomic mass is 9.89. The van der Waals surface area contributed by atoms with Crippen LogP contribution < -0.4 is 10.6 Å². The molecule has 0 aliphatic heterocycles. The minimum Gasteiger partial charge on any atom is -0.322 e. The first kappa shape index (κ1) is 25.6. The number of carbonyl (C=O) groups is 2. The summed E-state index contributed by atoms with van der Waals surface area (Å²) in [6.45, 7) is 4.03. The van der Waals surface area contributed by atoms with Gasteiger partial charge in [-0.05, 0) is 74.1 Å². The largest absolute Gasteiger partial charge is 0.322 e. The van der Waals surface area contributed by atoms with Crippen molar-refractivity contribution >= 4 is 68.8 Å². The predicted molar refractivity (Wildman–Crippen MR) is 145 cm³/mol. The Bertz CT molecular complexity index is 1330. The number of hydrogen-bond acceptors (Lipinski definition) is 5. The maximum atomic E-state index is 12.9. The fourth-order valence-corrected chi connectivity index (χ4v) is 6.73. The molecule has 0 saturated heterocycles. The summed E-state index contributed by atoms with van der Waals surface area (Å²) in [6, 6.07) is 14.3. The molecule has 35 heavy (non-hydrogen) atoms. The zero-order valence-electron chi connectivity index (χ0n) is 19.2. The SMILES string of the molecule is CC1CCc2c(sc(NC(=O)C(C)Sc3cccc(NC(=O)c4ccc(Cl)cc4Cl)c3)c2C#N)C1. The van der Waals surface area contributed by atoms with Crippen LogP contribution in [0.25, 0.3) is 0 Å². The highest BCUT2D eigenvalue weighted by Gasteiger charge is 2.26. The number of fused-ring (bicyclic) bond motifs is 1. The van der Waals surface area contributed by atoms with Gasteiger partial charge in [0.1, 0.15) is 11.1 Å². The Hall–Kier alpha value is -2.50. The highest BCUT2D eigenvalue weighted by Crippen LogP contribution is 2.39. The van der Waals surface area contributed by atoms with Gasteiger partial charge in [-0.15, -0.1) is 23.1 Å². The van der Waals surface area contributed by atoms with Gasteiger partial charge in [0.2, 0.25) is 5.91 Å². The molecule has 0 saturated carbocycles. The van der Waals surface area contributed by atoms with Gasteiger partial charge in [0, 0.05) is 20.5 Å². The third kappa shape index (κ3) is 6.02. The summed E-state index contributed by atoms with van der Waals surface area (Å²) in [5.74, 6) is 0.0781. The van der Waals surface area contributed by atoms with Crippen LogP contribution in [-0.4, -0.2) is 17.1 Å². The molecule has 0 fully saturated rings. The number of amides is 2. The molecule has 1 aliphatic rings. The molecule has 0 radical (unpaired) electrons. The molecule has 1 aromatic heterocycles. The van der Waals surface area contributed by atoms with Crippen LogP contribution in [0.3, 0.4) is 0 Å². The Morgan fingerprint density at radius 2 is 2.00 bits per heavy atom. The number of rotatable bonds is 6. The number of halogens is 2. The Morgan fingerprint density at radius 3 is 2.74 bits per heavy atom. The summed E-state index contributed by atoms with van der Waals surface area (Å²) >= 11 is 14.9. The second kappa shape index (κ2) is 11.0. The van der Waals surface area contributed by atoms with Crippen molar-refractivity contribution < 1.29 is 9.59 Å². The topological polar surface area (TPSA) is 82.0 Å². The van der Waals surface area contributed by atoms with Crippen molar-refractivity contribution in [2.24, 2.45) is 5.92 Å². The van der Waals surface area contributed by atoms with E-state index >= 15 is 0 Å². The van der Waals surface area contributed by atoms with Gasteiger partial charge in [0.05, 0.1) is 21.4 Å². The number of hydrogen-bond donors (Lipinski definition) is 2. The normalized spacial score (nSPS) is 15.6. The molecule has 9 heteroatoms. The summed E-state index contributed by atoms with van der Waals surface area (Å²) in [5.41, 5.74) is 2.61. The van der Waals surface area contributed by atoms with Crippen LogP contribution in [0.5, 0.6) is 0 Å². The molecule has 0 spiro atoms. The van der Waals surface area contributed by atoms with Gasteiger partial charge in [-0.25, -0.2) is 0 Å². The molecule has 1 heterocycles. The summed E-state index contributed by atoms with van der Waals surface area (Å²) < 4.78 is 0. The number of anilines is 2. The minimum atomic E-state index is -0.406. The summed E-state index contributed by atoms with van der Waals surface area (Å²) in [5, 5.41) is 16.5. The van der Waals surface area contributed by atoms with E-state index in [1.807, 2.05) is 25.1 Å². The summed E-state index contributed by atoms with van der Waals surface area (Å²) in [7, 11) is 0. The lowest BCUT2D eigenvalue weighted by Crippen LogP contribution is -2.22. The monoisotopic (exact) mass is 543 g/mol. The second-order valence-electron chi connectivity index (χ2n) is 8.52. The van der Waals surface area contributed by atoms with Crippen LogP contribution >= 0.6 is 46.3 Å². The van der Waals surface area contributed by atoms with E-state index in [2.05, 4.69) is 23.6 Å². The van der Waals surface area contributed by atoms with E-state index in [0.717, 1.165) is 29.7 Å². The van der Waals surface area contributed by atoms with Crippen LogP contribution in [0.1, 0.15) is 46.6 Å². The third-order valence-corrected chi connectivity index (χ3v) is 8.62. The quantitative estimate of drug-likeness (QED) is 0.317.